The van der Waals surface area contributed by atoms with Crippen LogP contribution < -0.4 is 5.32 Å². The van der Waals surface area contributed by atoms with Crippen LogP contribution in [-0.4, -0.2) is 16.6 Å². The largest absolute Gasteiger partial charge is 0.324 e. The lowest BCUT2D eigenvalue weighted by atomic mass is 10.3. The van der Waals surface area contributed by atoms with Crippen molar-refractivity contribution in [2.45, 2.75) is 4.90 Å². The molecule has 0 spiro atoms. The highest BCUT2D eigenvalue weighted by atomic mass is 32.2. The van der Waals surface area contributed by atoms with Gasteiger partial charge >= 0.3 is 0 Å². The van der Waals surface area contributed by atoms with Crippen molar-refractivity contribution in [3.05, 3.63) is 17.6 Å². The van der Waals surface area contributed by atoms with Gasteiger partial charge in [0.05, 0.1) is 27.2 Å². The van der Waals surface area contributed by atoms with Crippen LogP contribution in [0.25, 0.3) is 10.2 Å². The van der Waals surface area contributed by atoms with Gasteiger partial charge in [0.25, 0.3) is 0 Å². The molecule has 2 aromatic rings. The lowest BCUT2D eigenvalue weighted by Crippen LogP contribution is -2.18. The van der Waals surface area contributed by atoms with Crippen molar-refractivity contribution >= 4 is 44.9 Å². The Kier molecular flexibility index (Phi) is 1.75. The third-order valence-corrected chi connectivity index (χ3v) is 3.91. The van der Waals surface area contributed by atoms with E-state index in [9.17, 15) is 4.79 Å². The zero-order valence-corrected chi connectivity index (χ0v) is 8.74. The van der Waals surface area contributed by atoms with Gasteiger partial charge in [-0.3, -0.25) is 4.79 Å². The second kappa shape index (κ2) is 2.96. The minimum atomic E-state index is 0.0667. The number of hydrogen-bond acceptors (Lipinski definition) is 4. The molecule has 5 heteroatoms. The molecule has 0 atom stereocenters. The summed E-state index contributed by atoms with van der Waals surface area (Å²) < 4.78 is 1.17. The van der Waals surface area contributed by atoms with E-state index >= 15 is 0 Å². The predicted octanol–water partition coefficient (Wildman–Crippen LogP) is 2.34. The van der Waals surface area contributed by atoms with Crippen LogP contribution in [0.4, 0.5) is 5.69 Å². The summed E-state index contributed by atoms with van der Waals surface area (Å²) in [6.45, 7) is 0. The quantitative estimate of drug-likeness (QED) is 0.744. The second-order valence-electron chi connectivity index (χ2n) is 3.01. The number of thiazole rings is 1. The average molecular weight is 222 g/mol. The molecule has 1 aromatic carbocycles. The maximum atomic E-state index is 11.2. The van der Waals surface area contributed by atoms with Crippen LogP contribution in [0.2, 0.25) is 0 Å². The molecule has 0 aliphatic carbocycles. The van der Waals surface area contributed by atoms with E-state index in [4.69, 9.17) is 0 Å². The highest BCUT2D eigenvalue weighted by Crippen LogP contribution is 2.35. The number of benzene rings is 1. The monoisotopic (exact) mass is 222 g/mol. The predicted molar refractivity (Wildman–Crippen MR) is 59.0 cm³/mol. The summed E-state index contributed by atoms with van der Waals surface area (Å²) in [5.41, 5.74) is 3.67. The summed E-state index contributed by atoms with van der Waals surface area (Å²) >= 11 is 3.21. The molecular formula is C9H6N2OS2. The molecule has 14 heavy (non-hydrogen) atoms. The Labute approximate surface area is 88.5 Å². The Balaban J connectivity index is 2.24. The van der Waals surface area contributed by atoms with E-state index in [2.05, 4.69) is 16.4 Å². The number of anilines is 1. The average Bonchev–Trinajstić information content (AvgIpc) is 2.61. The van der Waals surface area contributed by atoms with E-state index in [0.29, 0.717) is 5.75 Å². The second-order valence-corrected chi connectivity index (χ2v) is 4.91. The minimum Gasteiger partial charge on any atom is -0.324 e. The first-order valence-electron chi connectivity index (χ1n) is 4.13. The molecule has 1 amide bonds. The smallest absolute Gasteiger partial charge is 0.234 e. The van der Waals surface area contributed by atoms with E-state index in [1.54, 1.807) is 23.1 Å². The molecule has 3 rings (SSSR count). The van der Waals surface area contributed by atoms with Crippen LogP contribution in [0, 0.1) is 0 Å². The van der Waals surface area contributed by atoms with E-state index in [0.717, 1.165) is 16.1 Å². The van der Waals surface area contributed by atoms with Crippen molar-refractivity contribution in [2.75, 3.05) is 11.1 Å². The fourth-order valence-electron chi connectivity index (χ4n) is 1.43. The fraction of sp³-hybridized carbons (Fsp3) is 0.111. The number of amides is 1. The Morgan fingerprint density at radius 3 is 3.29 bits per heavy atom. The number of nitrogens with zero attached hydrogens (tertiary/aromatic N) is 1. The van der Waals surface area contributed by atoms with Gasteiger partial charge in [0, 0.05) is 4.90 Å². The van der Waals surface area contributed by atoms with Crippen LogP contribution in [0.5, 0.6) is 0 Å². The SMILES string of the molecule is O=C1CSc2cc3scnc3cc2N1. The van der Waals surface area contributed by atoms with Crippen LogP contribution in [0.1, 0.15) is 0 Å². The highest BCUT2D eigenvalue weighted by Gasteiger charge is 2.16. The van der Waals surface area contributed by atoms with Gasteiger partial charge < -0.3 is 5.32 Å². The Bertz CT molecular complexity index is 521. The molecule has 0 radical (unpaired) electrons. The van der Waals surface area contributed by atoms with Crippen LogP contribution >= 0.6 is 23.1 Å². The van der Waals surface area contributed by atoms with E-state index in [1.807, 2.05) is 11.6 Å². The van der Waals surface area contributed by atoms with Gasteiger partial charge in [0.1, 0.15) is 0 Å². The van der Waals surface area contributed by atoms with Gasteiger partial charge in [-0.05, 0) is 12.1 Å². The molecule has 3 nitrogen and oxygen atoms in total. The topological polar surface area (TPSA) is 42.0 Å². The minimum absolute atomic E-state index is 0.0667. The Morgan fingerprint density at radius 2 is 2.36 bits per heavy atom. The number of nitrogens with one attached hydrogen (secondary N) is 1. The molecule has 0 unspecified atom stereocenters. The van der Waals surface area contributed by atoms with Gasteiger partial charge in [-0.25, -0.2) is 4.98 Å². The molecule has 1 N–H and O–H groups in total. The first-order valence-corrected chi connectivity index (χ1v) is 5.99. The molecule has 0 saturated heterocycles. The number of hydrogen-bond donors (Lipinski definition) is 1. The highest BCUT2D eigenvalue weighted by molar-refractivity contribution is 8.00. The van der Waals surface area contributed by atoms with E-state index < -0.39 is 0 Å². The fourth-order valence-corrected chi connectivity index (χ4v) is 3.03. The zero-order chi connectivity index (χ0) is 9.54. The number of aromatic nitrogens is 1. The lowest BCUT2D eigenvalue weighted by Gasteiger charge is -2.15. The van der Waals surface area contributed by atoms with Crippen LogP contribution in [0.15, 0.2) is 22.5 Å². The van der Waals surface area contributed by atoms with Crippen molar-refractivity contribution in [3.63, 3.8) is 0 Å². The molecule has 2 heterocycles. The first-order chi connectivity index (χ1) is 6.83. The molecule has 1 aromatic heterocycles. The number of thioether (sulfide) groups is 1. The van der Waals surface area contributed by atoms with Gasteiger partial charge in [0.15, 0.2) is 0 Å². The number of carbonyl (C=O) groups excluding carboxylic acids is 1. The van der Waals surface area contributed by atoms with Gasteiger partial charge in [-0.1, -0.05) is 0 Å². The maximum absolute atomic E-state index is 11.2. The normalized spacial score (nSPS) is 15.3. The maximum Gasteiger partial charge on any atom is 0.234 e. The zero-order valence-electron chi connectivity index (χ0n) is 7.11. The Morgan fingerprint density at radius 1 is 1.43 bits per heavy atom. The molecule has 70 valence electrons. The van der Waals surface area contributed by atoms with Gasteiger partial charge in [-0.15, -0.1) is 23.1 Å². The summed E-state index contributed by atoms with van der Waals surface area (Å²) in [5.74, 6) is 0.578. The summed E-state index contributed by atoms with van der Waals surface area (Å²) in [6, 6.07) is 4.03. The molecule has 0 saturated carbocycles. The molecule has 1 aliphatic heterocycles. The standard InChI is InChI=1S/C9H6N2OS2/c12-9-3-13-8-2-7-5(10-4-14-7)1-6(8)11-9/h1-2,4H,3H2,(H,11,12). The number of fused-ring (bicyclic) bond motifs is 2. The third kappa shape index (κ3) is 1.20. The number of rotatable bonds is 0. The first kappa shape index (κ1) is 8.26. The lowest BCUT2D eigenvalue weighted by molar-refractivity contribution is -0.113. The van der Waals surface area contributed by atoms with Gasteiger partial charge in [-0.2, -0.15) is 0 Å². The third-order valence-electron chi connectivity index (χ3n) is 2.07. The van der Waals surface area contributed by atoms with E-state index in [-0.39, 0.29) is 5.91 Å². The number of carbonyl (C=O) groups is 1. The van der Waals surface area contributed by atoms with Crippen molar-refractivity contribution in [2.24, 2.45) is 0 Å². The van der Waals surface area contributed by atoms with Crippen molar-refractivity contribution in [1.29, 1.82) is 0 Å². The summed E-state index contributed by atoms with van der Waals surface area (Å²) in [6.07, 6.45) is 0. The molecular weight excluding hydrogens is 216 g/mol. The molecule has 1 aliphatic rings. The van der Waals surface area contributed by atoms with Crippen molar-refractivity contribution < 1.29 is 4.79 Å². The molecule has 0 bridgehead atoms. The van der Waals surface area contributed by atoms with Gasteiger partial charge in [0.2, 0.25) is 5.91 Å². The Hall–Kier alpha value is -1.07. The van der Waals surface area contributed by atoms with Crippen molar-refractivity contribution in [1.82, 2.24) is 4.98 Å². The summed E-state index contributed by atoms with van der Waals surface area (Å²) in [5, 5.41) is 2.85. The van der Waals surface area contributed by atoms with E-state index in [1.165, 1.54) is 4.70 Å². The van der Waals surface area contributed by atoms with Crippen LogP contribution in [-0.2, 0) is 4.79 Å². The van der Waals surface area contributed by atoms with Crippen LogP contribution in [0.3, 0.4) is 0 Å². The summed E-state index contributed by atoms with van der Waals surface area (Å²) in [7, 11) is 0. The molecule has 0 fully saturated rings. The summed E-state index contributed by atoms with van der Waals surface area (Å²) in [4.78, 5) is 16.5. The van der Waals surface area contributed by atoms with Crippen molar-refractivity contribution in [3.8, 4) is 0 Å².